The zero-order chi connectivity index (χ0) is 14.2. The summed E-state index contributed by atoms with van der Waals surface area (Å²) >= 11 is 0. The average Bonchev–Trinajstić information content (AvgIpc) is 2.92. The van der Waals surface area contributed by atoms with Crippen LogP contribution in [0.3, 0.4) is 0 Å². The van der Waals surface area contributed by atoms with Gasteiger partial charge in [0, 0.05) is 18.9 Å². The molecule has 0 fully saturated rings. The van der Waals surface area contributed by atoms with Crippen molar-refractivity contribution in [3.05, 3.63) is 53.9 Å². The number of fused-ring (bicyclic) bond motifs is 1. The molecule has 0 amide bonds. The van der Waals surface area contributed by atoms with Crippen LogP contribution < -0.4 is 4.31 Å². The van der Waals surface area contributed by atoms with Crippen LogP contribution >= 0.6 is 0 Å². The van der Waals surface area contributed by atoms with Gasteiger partial charge in [-0.05, 0) is 42.2 Å². The molecule has 0 atom stereocenters. The predicted octanol–water partition coefficient (Wildman–Crippen LogP) is 2.40. The first kappa shape index (κ1) is 13.1. The van der Waals surface area contributed by atoms with Crippen molar-refractivity contribution in [2.75, 3.05) is 10.8 Å². The molecule has 0 aliphatic carbocycles. The van der Waals surface area contributed by atoms with Crippen molar-refractivity contribution < 1.29 is 8.42 Å². The minimum absolute atomic E-state index is 0.347. The molecule has 2 aromatic rings. The molecule has 0 saturated carbocycles. The second kappa shape index (κ2) is 4.90. The van der Waals surface area contributed by atoms with Crippen LogP contribution in [0.4, 0.5) is 5.69 Å². The van der Waals surface area contributed by atoms with E-state index < -0.39 is 10.0 Å². The van der Waals surface area contributed by atoms with Crippen molar-refractivity contribution in [2.24, 2.45) is 0 Å². The quantitative estimate of drug-likeness (QED) is 0.871. The highest BCUT2D eigenvalue weighted by atomic mass is 32.2. The fourth-order valence-corrected chi connectivity index (χ4v) is 3.98. The molecule has 1 aliphatic heterocycles. The van der Waals surface area contributed by atoms with E-state index in [1.165, 1.54) is 4.31 Å². The highest BCUT2D eigenvalue weighted by Crippen LogP contribution is 2.32. The van der Waals surface area contributed by atoms with Gasteiger partial charge in [0.05, 0.1) is 10.6 Å². The topological polar surface area (TPSA) is 50.3 Å². The molecular formula is C15H16N2O2S. The van der Waals surface area contributed by atoms with Gasteiger partial charge in [0.2, 0.25) is 0 Å². The molecule has 1 aliphatic rings. The SMILES string of the molecule is CCc1ccc(S(=O)(=O)N2CCc3cnccc32)cc1. The number of anilines is 1. The molecule has 1 aromatic carbocycles. The van der Waals surface area contributed by atoms with E-state index >= 15 is 0 Å². The van der Waals surface area contributed by atoms with E-state index in [0.717, 1.165) is 29.7 Å². The number of nitrogens with zero attached hydrogens (tertiary/aromatic N) is 2. The Bertz CT molecular complexity index is 724. The van der Waals surface area contributed by atoms with E-state index in [2.05, 4.69) is 4.98 Å². The number of hydrogen-bond donors (Lipinski definition) is 0. The third-order valence-electron chi connectivity index (χ3n) is 3.65. The van der Waals surface area contributed by atoms with Gasteiger partial charge in [0.1, 0.15) is 0 Å². The van der Waals surface area contributed by atoms with Crippen LogP contribution in [0.2, 0.25) is 0 Å². The molecule has 1 aromatic heterocycles. The normalized spacial score (nSPS) is 14.3. The standard InChI is InChI=1S/C15H16N2O2S/c1-2-12-3-5-14(6-4-12)20(18,19)17-10-8-13-11-16-9-7-15(13)17/h3-7,9,11H,2,8,10H2,1H3. The molecule has 20 heavy (non-hydrogen) atoms. The molecule has 2 heterocycles. The Kier molecular flexibility index (Phi) is 3.22. The second-order valence-corrected chi connectivity index (χ2v) is 6.69. The van der Waals surface area contributed by atoms with E-state index in [9.17, 15) is 8.42 Å². The van der Waals surface area contributed by atoms with Crippen molar-refractivity contribution in [2.45, 2.75) is 24.7 Å². The lowest BCUT2D eigenvalue weighted by atomic mass is 10.2. The lowest BCUT2D eigenvalue weighted by Gasteiger charge is -2.19. The summed E-state index contributed by atoms with van der Waals surface area (Å²) in [5.41, 5.74) is 2.87. The maximum atomic E-state index is 12.7. The number of aromatic nitrogens is 1. The molecular weight excluding hydrogens is 272 g/mol. The lowest BCUT2D eigenvalue weighted by Crippen LogP contribution is -2.29. The van der Waals surface area contributed by atoms with Crippen LogP contribution in [-0.2, 0) is 22.9 Å². The molecule has 0 unspecified atom stereocenters. The van der Waals surface area contributed by atoms with E-state index in [1.54, 1.807) is 30.6 Å². The summed E-state index contributed by atoms with van der Waals surface area (Å²) in [6, 6.07) is 8.88. The van der Waals surface area contributed by atoms with Gasteiger partial charge >= 0.3 is 0 Å². The van der Waals surface area contributed by atoms with E-state index in [0.29, 0.717) is 11.4 Å². The summed E-state index contributed by atoms with van der Waals surface area (Å²) < 4.78 is 26.9. The van der Waals surface area contributed by atoms with Crippen LogP contribution in [0.25, 0.3) is 0 Å². The highest BCUT2D eigenvalue weighted by molar-refractivity contribution is 7.92. The van der Waals surface area contributed by atoms with Crippen molar-refractivity contribution in [1.29, 1.82) is 0 Å². The van der Waals surface area contributed by atoms with Crippen molar-refractivity contribution in [3.8, 4) is 0 Å². The number of benzene rings is 1. The number of pyridine rings is 1. The van der Waals surface area contributed by atoms with Crippen molar-refractivity contribution in [1.82, 2.24) is 4.98 Å². The van der Waals surface area contributed by atoms with Gasteiger partial charge in [-0.15, -0.1) is 0 Å². The summed E-state index contributed by atoms with van der Waals surface area (Å²) in [4.78, 5) is 4.39. The Morgan fingerprint density at radius 2 is 1.95 bits per heavy atom. The van der Waals surface area contributed by atoms with Crippen LogP contribution in [-0.4, -0.2) is 19.9 Å². The predicted molar refractivity (Wildman–Crippen MR) is 78.3 cm³/mol. The van der Waals surface area contributed by atoms with Gasteiger partial charge in [-0.3, -0.25) is 9.29 Å². The van der Waals surface area contributed by atoms with Gasteiger partial charge in [0.25, 0.3) is 10.0 Å². The number of hydrogen-bond acceptors (Lipinski definition) is 3. The van der Waals surface area contributed by atoms with Gasteiger partial charge in [-0.25, -0.2) is 8.42 Å². The summed E-state index contributed by atoms with van der Waals surface area (Å²) in [7, 11) is -3.47. The maximum Gasteiger partial charge on any atom is 0.264 e. The monoisotopic (exact) mass is 288 g/mol. The maximum absolute atomic E-state index is 12.7. The minimum Gasteiger partial charge on any atom is -0.266 e. The lowest BCUT2D eigenvalue weighted by molar-refractivity contribution is 0.592. The highest BCUT2D eigenvalue weighted by Gasteiger charge is 2.30. The van der Waals surface area contributed by atoms with Crippen LogP contribution in [0, 0.1) is 0 Å². The number of rotatable bonds is 3. The fraction of sp³-hybridized carbons (Fsp3) is 0.267. The molecule has 3 rings (SSSR count). The summed E-state index contributed by atoms with van der Waals surface area (Å²) in [5, 5.41) is 0. The van der Waals surface area contributed by atoms with Crippen molar-refractivity contribution >= 4 is 15.7 Å². The number of sulfonamides is 1. The molecule has 4 nitrogen and oxygen atoms in total. The Hall–Kier alpha value is -1.88. The summed E-state index contributed by atoms with van der Waals surface area (Å²) in [6.45, 7) is 2.53. The zero-order valence-corrected chi connectivity index (χ0v) is 12.1. The van der Waals surface area contributed by atoms with Gasteiger partial charge < -0.3 is 0 Å². The Morgan fingerprint density at radius 3 is 2.65 bits per heavy atom. The van der Waals surface area contributed by atoms with Gasteiger partial charge in [-0.1, -0.05) is 19.1 Å². The fourth-order valence-electron chi connectivity index (χ4n) is 2.47. The largest absolute Gasteiger partial charge is 0.266 e. The van der Waals surface area contributed by atoms with Crippen LogP contribution in [0.5, 0.6) is 0 Å². The third kappa shape index (κ3) is 2.08. The van der Waals surface area contributed by atoms with E-state index in [1.807, 2.05) is 19.1 Å². The third-order valence-corrected chi connectivity index (χ3v) is 5.48. The number of aryl methyl sites for hydroxylation is 1. The van der Waals surface area contributed by atoms with Crippen LogP contribution in [0.1, 0.15) is 18.1 Å². The van der Waals surface area contributed by atoms with E-state index in [4.69, 9.17) is 0 Å². The first-order chi connectivity index (χ1) is 9.63. The average molecular weight is 288 g/mol. The molecule has 0 bridgehead atoms. The van der Waals surface area contributed by atoms with Crippen LogP contribution in [0.15, 0.2) is 47.6 Å². The Balaban J connectivity index is 2.00. The Labute approximate surface area is 119 Å². The second-order valence-electron chi connectivity index (χ2n) is 4.83. The van der Waals surface area contributed by atoms with E-state index in [-0.39, 0.29) is 0 Å². The molecule has 104 valence electrons. The molecule has 0 saturated heterocycles. The minimum atomic E-state index is -3.47. The van der Waals surface area contributed by atoms with Crippen molar-refractivity contribution in [3.63, 3.8) is 0 Å². The Morgan fingerprint density at radius 1 is 1.20 bits per heavy atom. The first-order valence-corrected chi connectivity index (χ1v) is 8.11. The smallest absolute Gasteiger partial charge is 0.264 e. The molecule has 0 N–H and O–H groups in total. The van der Waals surface area contributed by atoms with Gasteiger partial charge in [-0.2, -0.15) is 0 Å². The summed E-state index contributed by atoms with van der Waals surface area (Å²) in [6.07, 6.45) is 4.99. The molecule has 0 radical (unpaired) electrons. The van der Waals surface area contributed by atoms with Gasteiger partial charge in [0.15, 0.2) is 0 Å². The zero-order valence-electron chi connectivity index (χ0n) is 11.3. The first-order valence-electron chi connectivity index (χ1n) is 6.67. The molecule has 0 spiro atoms. The molecule has 5 heteroatoms. The summed E-state index contributed by atoms with van der Waals surface area (Å²) in [5.74, 6) is 0.